The Labute approximate surface area is 149 Å². The van der Waals surface area contributed by atoms with Gasteiger partial charge in [0, 0.05) is 5.02 Å². The number of tetrazole rings is 1. The zero-order valence-electron chi connectivity index (χ0n) is 13.4. The van der Waals surface area contributed by atoms with Crippen molar-refractivity contribution >= 4 is 11.6 Å². The smallest absolute Gasteiger partial charge is 0.164 e. The van der Waals surface area contributed by atoms with Crippen molar-refractivity contribution in [2.75, 3.05) is 6.54 Å². The van der Waals surface area contributed by atoms with Crippen molar-refractivity contribution in [3.63, 3.8) is 0 Å². The summed E-state index contributed by atoms with van der Waals surface area (Å²) in [6.07, 6.45) is 1.97. The van der Waals surface area contributed by atoms with E-state index in [0.717, 1.165) is 18.4 Å². The van der Waals surface area contributed by atoms with E-state index >= 15 is 0 Å². The van der Waals surface area contributed by atoms with E-state index in [-0.39, 0.29) is 17.2 Å². The van der Waals surface area contributed by atoms with Gasteiger partial charge in [0.1, 0.15) is 11.5 Å². The fourth-order valence-corrected chi connectivity index (χ4v) is 3.50. The summed E-state index contributed by atoms with van der Waals surface area (Å²) < 4.78 is 15.8. The summed E-state index contributed by atoms with van der Waals surface area (Å²) in [5.41, 5.74) is 7.33. The van der Waals surface area contributed by atoms with Gasteiger partial charge in [-0.1, -0.05) is 35.9 Å². The standard InChI is InChI=1S/C18H17ClFN5/c19-13-7-5-12(6-8-13)16(18(11-21)9-10-18)17-22-23-24-25(17)15-4-2-1-3-14(15)20/h1-8,16H,9-11,21H2. The Morgan fingerprint density at radius 3 is 2.52 bits per heavy atom. The van der Waals surface area contributed by atoms with E-state index in [9.17, 15) is 4.39 Å². The van der Waals surface area contributed by atoms with Gasteiger partial charge in [-0.2, -0.15) is 4.68 Å². The van der Waals surface area contributed by atoms with Gasteiger partial charge in [-0.25, -0.2) is 4.39 Å². The Hall–Kier alpha value is -2.31. The van der Waals surface area contributed by atoms with Crippen LogP contribution in [0.4, 0.5) is 4.39 Å². The van der Waals surface area contributed by atoms with Crippen molar-refractivity contribution in [3.8, 4) is 5.69 Å². The number of rotatable bonds is 5. The van der Waals surface area contributed by atoms with E-state index in [1.54, 1.807) is 18.2 Å². The third-order valence-electron chi connectivity index (χ3n) is 4.95. The predicted molar refractivity (Wildman–Crippen MR) is 93.1 cm³/mol. The average Bonchev–Trinajstić information content (AvgIpc) is 3.27. The van der Waals surface area contributed by atoms with E-state index < -0.39 is 0 Å². The van der Waals surface area contributed by atoms with Crippen LogP contribution in [0.2, 0.25) is 5.02 Å². The van der Waals surface area contributed by atoms with Crippen LogP contribution in [0, 0.1) is 11.2 Å². The van der Waals surface area contributed by atoms with Crippen LogP contribution in [0.5, 0.6) is 0 Å². The van der Waals surface area contributed by atoms with Gasteiger partial charge in [-0.3, -0.25) is 0 Å². The van der Waals surface area contributed by atoms with E-state index in [1.165, 1.54) is 10.7 Å². The third-order valence-corrected chi connectivity index (χ3v) is 5.20. The monoisotopic (exact) mass is 357 g/mol. The van der Waals surface area contributed by atoms with Gasteiger partial charge in [-0.05, 0) is 65.1 Å². The summed E-state index contributed by atoms with van der Waals surface area (Å²) in [7, 11) is 0. The van der Waals surface area contributed by atoms with Crippen LogP contribution in [-0.2, 0) is 0 Å². The lowest BCUT2D eigenvalue weighted by Gasteiger charge is -2.25. The summed E-state index contributed by atoms with van der Waals surface area (Å²) in [5.74, 6) is 0.100. The number of nitrogens with zero attached hydrogens (tertiary/aromatic N) is 4. The van der Waals surface area contributed by atoms with Gasteiger partial charge >= 0.3 is 0 Å². The van der Waals surface area contributed by atoms with Crippen molar-refractivity contribution in [2.45, 2.75) is 18.8 Å². The van der Waals surface area contributed by atoms with Gasteiger partial charge < -0.3 is 5.73 Å². The quantitative estimate of drug-likeness (QED) is 0.760. The van der Waals surface area contributed by atoms with Gasteiger partial charge in [-0.15, -0.1) is 5.10 Å². The molecule has 2 N–H and O–H groups in total. The summed E-state index contributed by atoms with van der Waals surface area (Å²) in [4.78, 5) is 0. The molecule has 4 rings (SSSR count). The minimum Gasteiger partial charge on any atom is -0.330 e. The molecule has 5 nitrogen and oxygen atoms in total. The summed E-state index contributed by atoms with van der Waals surface area (Å²) in [6, 6.07) is 14.1. The molecule has 0 spiro atoms. The van der Waals surface area contributed by atoms with Crippen LogP contribution in [0.25, 0.3) is 5.69 Å². The molecular formula is C18H17ClFN5. The number of hydrogen-bond donors (Lipinski definition) is 1. The Morgan fingerprint density at radius 2 is 1.88 bits per heavy atom. The zero-order chi connectivity index (χ0) is 17.4. The van der Waals surface area contributed by atoms with E-state index in [0.29, 0.717) is 23.1 Å². The lowest BCUT2D eigenvalue weighted by molar-refractivity contribution is 0.433. The first kappa shape index (κ1) is 16.2. The molecule has 128 valence electrons. The van der Waals surface area contributed by atoms with Gasteiger partial charge in [0.25, 0.3) is 0 Å². The second-order valence-electron chi connectivity index (χ2n) is 6.45. The molecule has 1 aliphatic rings. The molecule has 0 radical (unpaired) electrons. The molecule has 0 amide bonds. The molecule has 1 aromatic heterocycles. The molecule has 1 saturated carbocycles. The molecule has 1 aliphatic carbocycles. The average molecular weight is 358 g/mol. The molecule has 0 aliphatic heterocycles. The molecule has 7 heteroatoms. The topological polar surface area (TPSA) is 69.6 Å². The lowest BCUT2D eigenvalue weighted by atomic mass is 9.82. The van der Waals surface area contributed by atoms with E-state index in [4.69, 9.17) is 17.3 Å². The number of halogens is 2. The van der Waals surface area contributed by atoms with Crippen LogP contribution in [0.1, 0.15) is 30.1 Å². The molecule has 2 aromatic carbocycles. The van der Waals surface area contributed by atoms with Crippen molar-refractivity contribution < 1.29 is 4.39 Å². The predicted octanol–water partition coefficient (Wildman–Crippen LogP) is 3.33. The van der Waals surface area contributed by atoms with Crippen molar-refractivity contribution in [3.05, 3.63) is 70.8 Å². The molecule has 1 fully saturated rings. The molecule has 1 atom stereocenters. The van der Waals surface area contributed by atoms with Gasteiger partial charge in [0.15, 0.2) is 5.82 Å². The Balaban J connectivity index is 1.86. The number of para-hydroxylation sites is 1. The zero-order valence-corrected chi connectivity index (χ0v) is 14.2. The highest BCUT2D eigenvalue weighted by Crippen LogP contribution is 2.57. The first-order valence-electron chi connectivity index (χ1n) is 8.13. The highest BCUT2D eigenvalue weighted by Gasteiger charge is 2.51. The second kappa shape index (κ2) is 6.20. The van der Waals surface area contributed by atoms with Crippen LogP contribution in [0.3, 0.4) is 0 Å². The Kier molecular flexibility index (Phi) is 4.01. The molecule has 0 saturated heterocycles. The van der Waals surface area contributed by atoms with E-state index in [2.05, 4.69) is 15.5 Å². The van der Waals surface area contributed by atoms with E-state index in [1.807, 2.05) is 24.3 Å². The lowest BCUT2D eigenvalue weighted by Crippen LogP contribution is -2.27. The fraction of sp³-hybridized carbons (Fsp3) is 0.278. The third kappa shape index (κ3) is 2.81. The molecule has 3 aromatic rings. The van der Waals surface area contributed by atoms with Gasteiger partial charge in [0.05, 0.1) is 5.92 Å². The molecule has 1 heterocycles. The Morgan fingerprint density at radius 1 is 1.16 bits per heavy atom. The molecule has 25 heavy (non-hydrogen) atoms. The molecule has 0 bridgehead atoms. The van der Waals surface area contributed by atoms with Gasteiger partial charge in [0.2, 0.25) is 0 Å². The van der Waals surface area contributed by atoms with Crippen molar-refractivity contribution in [1.29, 1.82) is 0 Å². The summed E-state index contributed by atoms with van der Waals surface area (Å²) in [5, 5.41) is 12.7. The summed E-state index contributed by atoms with van der Waals surface area (Å²) >= 11 is 6.03. The number of aromatic nitrogens is 4. The first-order valence-corrected chi connectivity index (χ1v) is 8.51. The number of hydrogen-bond acceptors (Lipinski definition) is 4. The highest BCUT2D eigenvalue weighted by atomic mass is 35.5. The molecular weight excluding hydrogens is 341 g/mol. The maximum atomic E-state index is 14.3. The number of nitrogens with two attached hydrogens (primary N) is 1. The maximum Gasteiger partial charge on any atom is 0.164 e. The maximum absolute atomic E-state index is 14.3. The minimum absolute atomic E-state index is 0.106. The second-order valence-corrected chi connectivity index (χ2v) is 6.89. The normalized spacial score (nSPS) is 16.6. The highest BCUT2D eigenvalue weighted by molar-refractivity contribution is 6.30. The first-order chi connectivity index (χ1) is 12.1. The fourth-order valence-electron chi connectivity index (χ4n) is 3.37. The van der Waals surface area contributed by atoms with Crippen molar-refractivity contribution in [1.82, 2.24) is 20.2 Å². The van der Waals surface area contributed by atoms with Crippen molar-refractivity contribution in [2.24, 2.45) is 11.1 Å². The SMILES string of the molecule is NCC1(C(c2ccc(Cl)cc2)c2nnnn2-c2ccccc2F)CC1. The number of benzene rings is 2. The van der Waals surface area contributed by atoms with Crippen LogP contribution >= 0.6 is 11.6 Å². The summed E-state index contributed by atoms with van der Waals surface area (Å²) in [6.45, 7) is 0.518. The minimum atomic E-state index is -0.372. The largest absolute Gasteiger partial charge is 0.330 e. The molecule has 1 unspecified atom stereocenters. The Bertz CT molecular complexity index is 888. The van der Waals surface area contributed by atoms with Crippen LogP contribution in [0.15, 0.2) is 48.5 Å². The van der Waals surface area contributed by atoms with Crippen LogP contribution < -0.4 is 5.73 Å². The van der Waals surface area contributed by atoms with Crippen LogP contribution in [-0.4, -0.2) is 26.8 Å².